The zero-order valence-electron chi connectivity index (χ0n) is 18.3. The number of halogens is 1. The van der Waals surface area contributed by atoms with Crippen LogP contribution in [0.3, 0.4) is 0 Å². The second-order valence-electron chi connectivity index (χ2n) is 7.76. The van der Waals surface area contributed by atoms with Crippen LogP contribution < -0.4 is 15.0 Å². The third-order valence-electron chi connectivity index (χ3n) is 5.43. The van der Waals surface area contributed by atoms with Crippen LogP contribution in [-0.4, -0.2) is 17.8 Å². The maximum absolute atomic E-state index is 12.9. The van der Waals surface area contributed by atoms with E-state index in [4.69, 9.17) is 16.3 Å². The first-order chi connectivity index (χ1) is 15.8. The van der Waals surface area contributed by atoms with Crippen molar-refractivity contribution in [3.05, 3.63) is 99.7 Å². The molecule has 6 nitrogen and oxygen atoms in total. The average molecular weight is 461 g/mol. The summed E-state index contributed by atoms with van der Waals surface area (Å²) in [4.78, 5) is 39.1. The van der Waals surface area contributed by atoms with Gasteiger partial charge >= 0.3 is 5.97 Å². The van der Waals surface area contributed by atoms with E-state index in [0.29, 0.717) is 22.7 Å². The lowest BCUT2D eigenvalue weighted by molar-refractivity contribution is -0.120. The van der Waals surface area contributed by atoms with Gasteiger partial charge in [0.15, 0.2) is 0 Å². The topological polar surface area (TPSA) is 75.7 Å². The van der Waals surface area contributed by atoms with Crippen molar-refractivity contribution in [2.24, 2.45) is 0 Å². The number of carbonyl (C=O) groups is 3. The number of nitrogens with zero attached hydrogens (tertiary/aromatic N) is 1. The van der Waals surface area contributed by atoms with Crippen LogP contribution in [0.1, 0.15) is 27.0 Å². The van der Waals surface area contributed by atoms with Crippen molar-refractivity contribution < 1.29 is 19.1 Å². The lowest BCUT2D eigenvalue weighted by Gasteiger charge is -2.15. The van der Waals surface area contributed by atoms with Crippen LogP contribution in [-0.2, 0) is 9.59 Å². The van der Waals surface area contributed by atoms with E-state index in [1.54, 1.807) is 48.5 Å². The number of carbonyl (C=O) groups excluding carboxylic acids is 3. The number of anilines is 2. The molecule has 1 N–H and O–H groups in total. The molecule has 0 fully saturated rings. The smallest absolute Gasteiger partial charge is 0.343 e. The van der Waals surface area contributed by atoms with Crippen LogP contribution in [0.2, 0.25) is 0 Å². The highest BCUT2D eigenvalue weighted by Crippen LogP contribution is 2.30. The second-order valence-corrected chi connectivity index (χ2v) is 8.14. The summed E-state index contributed by atoms with van der Waals surface area (Å²) >= 11 is 6.19. The first kappa shape index (κ1) is 22.3. The Bertz CT molecular complexity index is 1310. The standard InChI is InChI=1S/C26H21ClN2O4/c1-15-6-4-8-20(14-15)29-24(30)22(27)23(25(29)31)28-19-12-10-18(11-13-19)26(32)33-21-9-5-7-16(2)17(21)3/h4-14,28H,1-3H3. The summed E-state index contributed by atoms with van der Waals surface area (Å²) in [5.74, 6) is -1.13. The molecule has 0 saturated heterocycles. The fraction of sp³-hybridized carbons (Fsp3) is 0.115. The average Bonchev–Trinajstić information content (AvgIpc) is 3.00. The Labute approximate surface area is 196 Å². The molecular formula is C26H21ClN2O4. The van der Waals surface area contributed by atoms with E-state index in [-0.39, 0.29) is 10.7 Å². The summed E-state index contributed by atoms with van der Waals surface area (Å²) in [6.45, 7) is 5.71. The number of amides is 2. The number of nitrogens with one attached hydrogen (secondary N) is 1. The van der Waals surface area contributed by atoms with Crippen molar-refractivity contribution in [3.8, 4) is 5.75 Å². The molecule has 0 spiro atoms. The molecule has 0 atom stereocenters. The lowest BCUT2D eigenvalue weighted by atomic mass is 10.1. The first-order valence-electron chi connectivity index (χ1n) is 10.3. The van der Waals surface area contributed by atoms with Gasteiger partial charge in [0.05, 0.1) is 11.3 Å². The van der Waals surface area contributed by atoms with Crippen molar-refractivity contribution in [1.82, 2.24) is 0 Å². The number of imide groups is 1. The first-order valence-corrected chi connectivity index (χ1v) is 10.6. The van der Waals surface area contributed by atoms with Gasteiger partial charge in [-0.15, -0.1) is 0 Å². The summed E-state index contributed by atoms with van der Waals surface area (Å²) in [6, 6.07) is 18.9. The van der Waals surface area contributed by atoms with Crippen LogP contribution in [0.4, 0.5) is 11.4 Å². The minimum atomic E-state index is -0.594. The quantitative estimate of drug-likeness (QED) is 0.319. The summed E-state index contributed by atoms with van der Waals surface area (Å²) in [7, 11) is 0. The molecule has 7 heteroatoms. The van der Waals surface area contributed by atoms with Crippen LogP contribution >= 0.6 is 11.6 Å². The van der Waals surface area contributed by atoms with E-state index in [9.17, 15) is 14.4 Å². The minimum Gasteiger partial charge on any atom is -0.423 e. The molecule has 0 saturated carbocycles. The van der Waals surface area contributed by atoms with Gasteiger partial charge < -0.3 is 10.1 Å². The highest BCUT2D eigenvalue weighted by Gasteiger charge is 2.39. The van der Waals surface area contributed by atoms with E-state index in [1.807, 2.05) is 39.0 Å². The van der Waals surface area contributed by atoms with Crippen LogP contribution in [0.15, 0.2) is 77.5 Å². The predicted molar refractivity (Wildman–Crippen MR) is 127 cm³/mol. The fourth-order valence-electron chi connectivity index (χ4n) is 3.44. The number of rotatable bonds is 5. The van der Waals surface area contributed by atoms with E-state index in [0.717, 1.165) is 21.6 Å². The maximum Gasteiger partial charge on any atom is 0.343 e. The predicted octanol–water partition coefficient (Wildman–Crippen LogP) is 5.27. The summed E-state index contributed by atoms with van der Waals surface area (Å²) < 4.78 is 5.51. The van der Waals surface area contributed by atoms with E-state index >= 15 is 0 Å². The highest BCUT2D eigenvalue weighted by atomic mass is 35.5. The molecule has 2 amide bonds. The SMILES string of the molecule is Cc1cccc(N2C(=O)C(Cl)=C(Nc3ccc(C(=O)Oc4cccc(C)c4C)cc3)C2=O)c1. The third kappa shape index (κ3) is 4.38. The van der Waals surface area contributed by atoms with Crippen molar-refractivity contribution in [2.75, 3.05) is 10.2 Å². The third-order valence-corrected chi connectivity index (χ3v) is 5.79. The molecular weight excluding hydrogens is 440 g/mol. The Morgan fingerprint density at radius 3 is 2.30 bits per heavy atom. The molecule has 33 heavy (non-hydrogen) atoms. The monoisotopic (exact) mass is 460 g/mol. The molecule has 4 rings (SSSR count). The Hall–Kier alpha value is -3.90. The van der Waals surface area contributed by atoms with Gasteiger partial charge in [-0.1, -0.05) is 35.9 Å². The molecule has 3 aromatic carbocycles. The zero-order chi connectivity index (χ0) is 23.7. The van der Waals surface area contributed by atoms with Gasteiger partial charge in [0.25, 0.3) is 11.8 Å². The van der Waals surface area contributed by atoms with Gasteiger partial charge in [-0.05, 0) is 79.9 Å². The van der Waals surface area contributed by atoms with E-state index in [1.165, 1.54) is 0 Å². The Balaban J connectivity index is 1.49. The van der Waals surface area contributed by atoms with E-state index < -0.39 is 17.8 Å². The number of esters is 1. The van der Waals surface area contributed by atoms with E-state index in [2.05, 4.69) is 5.32 Å². The highest BCUT2D eigenvalue weighted by molar-refractivity contribution is 6.53. The zero-order valence-corrected chi connectivity index (χ0v) is 19.1. The van der Waals surface area contributed by atoms with Gasteiger partial charge in [-0.2, -0.15) is 0 Å². The molecule has 1 heterocycles. The van der Waals surface area contributed by atoms with Gasteiger partial charge in [-0.25, -0.2) is 9.69 Å². The number of hydrogen-bond acceptors (Lipinski definition) is 5. The molecule has 3 aromatic rings. The van der Waals surface area contributed by atoms with Crippen molar-refractivity contribution in [1.29, 1.82) is 0 Å². The van der Waals surface area contributed by atoms with Crippen LogP contribution in [0, 0.1) is 20.8 Å². The van der Waals surface area contributed by atoms with Crippen molar-refractivity contribution >= 4 is 40.8 Å². The summed E-state index contributed by atoms with van der Waals surface area (Å²) in [5, 5.41) is 2.71. The van der Waals surface area contributed by atoms with Crippen LogP contribution in [0.5, 0.6) is 5.75 Å². The minimum absolute atomic E-state index is 0.0196. The molecule has 1 aliphatic heterocycles. The van der Waals surface area contributed by atoms with Crippen molar-refractivity contribution in [2.45, 2.75) is 20.8 Å². The normalized spacial score (nSPS) is 13.5. The Morgan fingerprint density at radius 1 is 0.909 bits per heavy atom. The number of hydrogen-bond donors (Lipinski definition) is 1. The fourth-order valence-corrected chi connectivity index (χ4v) is 3.65. The second kappa shape index (κ2) is 8.92. The van der Waals surface area contributed by atoms with Crippen molar-refractivity contribution in [3.63, 3.8) is 0 Å². The Morgan fingerprint density at radius 2 is 1.61 bits per heavy atom. The molecule has 166 valence electrons. The van der Waals surface area contributed by atoms with Gasteiger partial charge in [-0.3, -0.25) is 9.59 Å². The molecule has 1 aliphatic rings. The molecule has 0 aromatic heterocycles. The molecule has 0 unspecified atom stereocenters. The molecule has 0 radical (unpaired) electrons. The number of aryl methyl sites for hydroxylation is 2. The summed E-state index contributed by atoms with van der Waals surface area (Å²) in [6.07, 6.45) is 0. The van der Waals surface area contributed by atoms with Gasteiger partial charge in [0, 0.05) is 5.69 Å². The molecule has 0 bridgehead atoms. The summed E-state index contributed by atoms with van der Waals surface area (Å²) in [5.41, 5.74) is 4.11. The van der Waals surface area contributed by atoms with Gasteiger partial charge in [0.1, 0.15) is 16.5 Å². The Kier molecular flexibility index (Phi) is 6.03. The van der Waals surface area contributed by atoms with Gasteiger partial charge in [0.2, 0.25) is 0 Å². The number of ether oxygens (including phenoxy) is 1. The van der Waals surface area contributed by atoms with Crippen LogP contribution in [0.25, 0.3) is 0 Å². The lowest BCUT2D eigenvalue weighted by Crippen LogP contribution is -2.32. The maximum atomic E-state index is 12.9. The number of benzene rings is 3. The molecule has 0 aliphatic carbocycles. The largest absolute Gasteiger partial charge is 0.423 e.